The zero-order chi connectivity index (χ0) is 11.9. The predicted octanol–water partition coefficient (Wildman–Crippen LogP) is -0.386. The molecule has 0 aliphatic heterocycles. The molecule has 0 aromatic heterocycles. The number of amides is 2. The van der Waals surface area contributed by atoms with E-state index in [-0.39, 0.29) is 30.3 Å². The maximum absolute atomic E-state index is 11.3. The average molecular weight is 215 g/mol. The van der Waals surface area contributed by atoms with Crippen LogP contribution in [0.3, 0.4) is 0 Å². The second kappa shape index (κ2) is 6.40. The van der Waals surface area contributed by atoms with Gasteiger partial charge in [-0.2, -0.15) is 0 Å². The van der Waals surface area contributed by atoms with Crippen LogP contribution in [0.4, 0.5) is 0 Å². The van der Waals surface area contributed by atoms with Crippen LogP contribution in [0.1, 0.15) is 27.2 Å². The monoisotopic (exact) mass is 215 g/mol. The summed E-state index contributed by atoms with van der Waals surface area (Å²) < 4.78 is 0. The fraction of sp³-hybridized carbons (Fsp3) is 0.800. The van der Waals surface area contributed by atoms with Crippen molar-refractivity contribution in [3.63, 3.8) is 0 Å². The van der Waals surface area contributed by atoms with Gasteiger partial charge in [0.05, 0.1) is 13.1 Å². The molecule has 0 radical (unpaired) electrons. The van der Waals surface area contributed by atoms with Crippen molar-refractivity contribution in [1.82, 2.24) is 10.6 Å². The van der Waals surface area contributed by atoms with Crippen LogP contribution in [-0.4, -0.2) is 31.4 Å². The van der Waals surface area contributed by atoms with Crippen LogP contribution >= 0.6 is 0 Å². The van der Waals surface area contributed by atoms with Crippen molar-refractivity contribution in [2.45, 2.75) is 27.2 Å². The highest BCUT2D eigenvalue weighted by Crippen LogP contribution is 2.17. The van der Waals surface area contributed by atoms with Crippen LogP contribution in [0.15, 0.2) is 0 Å². The molecule has 0 bridgehead atoms. The van der Waals surface area contributed by atoms with Gasteiger partial charge in [-0.05, 0) is 11.8 Å². The quantitative estimate of drug-likeness (QED) is 0.564. The highest BCUT2D eigenvalue weighted by molar-refractivity contribution is 5.85. The number of rotatable bonds is 6. The summed E-state index contributed by atoms with van der Waals surface area (Å²) in [6, 6.07) is 0. The van der Waals surface area contributed by atoms with Crippen LogP contribution in [0.25, 0.3) is 0 Å². The van der Waals surface area contributed by atoms with Crippen LogP contribution in [0.2, 0.25) is 0 Å². The molecule has 5 heteroatoms. The number of carbonyl (C=O) groups excluding carboxylic acids is 2. The van der Waals surface area contributed by atoms with Crippen LogP contribution < -0.4 is 16.4 Å². The maximum Gasteiger partial charge on any atom is 0.239 e. The van der Waals surface area contributed by atoms with Gasteiger partial charge in [-0.15, -0.1) is 0 Å². The molecule has 0 rings (SSSR count). The Kier molecular flexibility index (Phi) is 5.93. The molecule has 0 aromatic rings. The van der Waals surface area contributed by atoms with Gasteiger partial charge < -0.3 is 16.4 Å². The summed E-state index contributed by atoms with van der Waals surface area (Å²) in [7, 11) is 0. The lowest BCUT2D eigenvalue weighted by molar-refractivity contribution is -0.125. The van der Waals surface area contributed by atoms with Gasteiger partial charge in [0.2, 0.25) is 11.8 Å². The van der Waals surface area contributed by atoms with E-state index in [0.29, 0.717) is 6.54 Å². The molecule has 0 aromatic carbocycles. The third-order valence-corrected chi connectivity index (χ3v) is 2.35. The summed E-state index contributed by atoms with van der Waals surface area (Å²) in [5, 5.41) is 5.17. The van der Waals surface area contributed by atoms with Crippen LogP contribution in [0, 0.1) is 5.41 Å². The Morgan fingerprint density at radius 1 is 1.20 bits per heavy atom. The molecular formula is C10H21N3O2. The minimum atomic E-state index is -0.320. The first kappa shape index (κ1) is 13.9. The van der Waals surface area contributed by atoms with E-state index in [1.165, 1.54) is 0 Å². The SMILES string of the molecule is CCC(C)(C)CNC(=O)CNC(=O)CN. The Morgan fingerprint density at radius 2 is 1.80 bits per heavy atom. The van der Waals surface area contributed by atoms with E-state index in [9.17, 15) is 9.59 Å². The molecule has 0 fully saturated rings. The normalized spacial score (nSPS) is 10.9. The Labute approximate surface area is 90.8 Å². The van der Waals surface area contributed by atoms with Gasteiger partial charge in [0.15, 0.2) is 0 Å². The standard InChI is InChI=1S/C10H21N3O2/c1-4-10(2,3)7-13-9(15)6-12-8(14)5-11/h4-7,11H2,1-3H3,(H,12,14)(H,13,15). The van der Waals surface area contributed by atoms with Crippen LogP contribution in [0.5, 0.6) is 0 Å². The van der Waals surface area contributed by atoms with Crippen molar-refractivity contribution in [2.24, 2.45) is 11.1 Å². The number of carbonyl (C=O) groups is 2. The van der Waals surface area contributed by atoms with E-state index >= 15 is 0 Å². The average Bonchev–Trinajstić information content (AvgIpc) is 2.23. The van der Waals surface area contributed by atoms with Crippen molar-refractivity contribution in [3.8, 4) is 0 Å². The van der Waals surface area contributed by atoms with Crippen molar-refractivity contribution in [2.75, 3.05) is 19.6 Å². The molecule has 5 nitrogen and oxygen atoms in total. The first-order chi connectivity index (χ1) is 6.91. The second-order valence-corrected chi connectivity index (χ2v) is 4.28. The molecule has 0 unspecified atom stereocenters. The molecule has 0 heterocycles. The molecule has 0 aliphatic carbocycles. The summed E-state index contributed by atoms with van der Waals surface area (Å²) in [4.78, 5) is 22.0. The molecule has 15 heavy (non-hydrogen) atoms. The summed E-state index contributed by atoms with van der Waals surface area (Å²) in [6.07, 6.45) is 0.989. The van der Waals surface area contributed by atoms with Gasteiger partial charge in [0.1, 0.15) is 0 Å². The highest BCUT2D eigenvalue weighted by Gasteiger charge is 2.15. The number of nitrogens with two attached hydrogens (primary N) is 1. The lowest BCUT2D eigenvalue weighted by Gasteiger charge is -2.22. The third-order valence-electron chi connectivity index (χ3n) is 2.35. The summed E-state index contributed by atoms with van der Waals surface area (Å²) in [6.45, 7) is 6.74. The minimum Gasteiger partial charge on any atom is -0.354 e. The molecular weight excluding hydrogens is 194 g/mol. The van der Waals surface area contributed by atoms with E-state index in [4.69, 9.17) is 5.73 Å². The fourth-order valence-electron chi connectivity index (χ4n) is 0.776. The van der Waals surface area contributed by atoms with Gasteiger partial charge >= 0.3 is 0 Å². The molecule has 0 aliphatic rings. The Balaban J connectivity index is 3.71. The molecule has 2 amide bonds. The predicted molar refractivity (Wildman–Crippen MR) is 59.1 cm³/mol. The number of nitrogens with one attached hydrogen (secondary N) is 2. The Hall–Kier alpha value is -1.10. The number of hydrogen-bond donors (Lipinski definition) is 3. The molecule has 0 atom stereocenters. The first-order valence-corrected chi connectivity index (χ1v) is 5.14. The van der Waals surface area contributed by atoms with Crippen molar-refractivity contribution in [1.29, 1.82) is 0 Å². The van der Waals surface area contributed by atoms with E-state index in [1.54, 1.807) is 0 Å². The van der Waals surface area contributed by atoms with Crippen molar-refractivity contribution >= 4 is 11.8 Å². The fourth-order valence-corrected chi connectivity index (χ4v) is 0.776. The smallest absolute Gasteiger partial charge is 0.239 e. The zero-order valence-corrected chi connectivity index (χ0v) is 9.72. The molecule has 0 spiro atoms. The van der Waals surface area contributed by atoms with Crippen molar-refractivity contribution < 1.29 is 9.59 Å². The van der Waals surface area contributed by atoms with Gasteiger partial charge in [0, 0.05) is 6.54 Å². The molecule has 4 N–H and O–H groups in total. The zero-order valence-electron chi connectivity index (χ0n) is 9.72. The Morgan fingerprint density at radius 3 is 2.27 bits per heavy atom. The Bertz CT molecular complexity index is 227. The lowest BCUT2D eigenvalue weighted by Crippen LogP contribution is -2.42. The van der Waals surface area contributed by atoms with Crippen molar-refractivity contribution in [3.05, 3.63) is 0 Å². The van der Waals surface area contributed by atoms with E-state index in [1.807, 2.05) is 0 Å². The summed E-state index contributed by atoms with van der Waals surface area (Å²) in [5.74, 6) is -0.502. The molecule has 0 saturated heterocycles. The summed E-state index contributed by atoms with van der Waals surface area (Å²) >= 11 is 0. The van der Waals surface area contributed by atoms with E-state index < -0.39 is 0 Å². The van der Waals surface area contributed by atoms with Gasteiger partial charge in [-0.25, -0.2) is 0 Å². The van der Waals surface area contributed by atoms with Gasteiger partial charge in [-0.3, -0.25) is 9.59 Å². The maximum atomic E-state index is 11.3. The largest absolute Gasteiger partial charge is 0.354 e. The first-order valence-electron chi connectivity index (χ1n) is 5.14. The van der Waals surface area contributed by atoms with Gasteiger partial charge in [-0.1, -0.05) is 20.8 Å². The highest BCUT2D eigenvalue weighted by atomic mass is 16.2. The molecule has 0 saturated carbocycles. The molecule has 88 valence electrons. The number of hydrogen-bond acceptors (Lipinski definition) is 3. The van der Waals surface area contributed by atoms with E-state index in [2.05, 4.69) is 31.4 Å². The third kappa shape index (κ3) is 6.90. The summed E-state index contributed by atoms with van der Waals surface area (Å²) in [5.41, 5.74) is 5.17. The second-order valence-electron chi connectivity index (χ2n) is 4.28. The van der Waals surface area contributed by atoms with E-state index in [0.717, 1.165) is 6.42 Å². The van der Waals surface area contributed by atoms with Gasteiger partial charge in [0.25, 0.3) is 0 Å². The van der Waals surface area contributed by atoms with Crippen LogP contribution in [-0.2, 0) is 9.59 Å². The topological polar surface area (TPSA) is 84.2 Å². The minimum absolute atomic E-state index is 0.00414. The lowest BCUT2D eigenvalue weighted by atomic mass is 9.90.